The number of nitrogens with zero attached hydrogens (tertiary/aromatic N) is 8. The molecule has 0 aliphatic carbocycles. The van der Waals surface area contributed by atoms with E-state index in [1.165, 1.54) is 0 Å². The predicted molar refractivity (Wildman–Crippen MR) is 76.0 cm³/mol. The van der Waals surface area contributed by atoms with Crippen LogP contribution in [0, 0.1) is 0 Å². The van der Waals surface area contributed by atoms with Crippen LogP contribution in [0.1, 0.15) is 17.6 Å². The molecule has 4 rings (SSSR count). The van der Waals surface area contributed by atoms with E-state index in [4.69, 9.17) is 4.74 Å². The minimum atomic E-state index is -0.310. The first-order valence-corrected chi connectivity index (χ1v) is 6.82. The fourth-order valence-electron chi connectivity index (χ4n) is 2.39. The topological polar surface area (TPSA) is 135 Å². The lowest BCUT2D eigenvalue weighted by Crippen LogP contribution is -2.10. The first-order chi connectivity index (χ1) is 11.3. The van der Waals surface area contributed by atoms with Crippen LogP contribution in [0.15, 0.2) is 24.4 Å². The summed E-state index contributed by atoms with van der Waals surface area (Å²) < 4.78 is 7.42. The number of hydrogen-bond acceptors (Lipinski definition) is 8. The SMILES string of the molecule is COC(Cc1cccc2nc(-c3nn[nH]n3)cn12)c1nn[nH]n1. The minimum absolute atomic E-state index is 0.310. The Hall–Kier alpha value is -3.21. The van der Waals surface area contributed by atoms with Gasteiger partial charge in [0.05, 0.1) is 0 Å². The number of aromatic nitrogens is 10. The van der Waals surface area contributed by atoms with E-state index in [0.29, 0.717) is 23.8 Å². The Labute approximate surface area is 129 Å². The molecule has 0 aliphatic heterocycles. The van der Waals surface area contributed by atoms with Gasteiger partial charge in [-0.1, -0.05) is 11.3 Å². The first kappa shape index (κ1) is 13.5. The van der Waals surface area contributed by atoms with E-state index in [1.807, 2.05) is 28.8 Å². The Kier molecular flexibility index (Phi) is 3.24. The van der Waals surface area contributed by atoms with E-state index in [9.17, 15) is 0 Å². The van der Waals surface area contributed by atoms with Crippen molar-refractivity contribution in [3.63, 3.8) is 0 Å². The van der Waals surface area contributed by atoms with Crippen molar-refractivity contribution < 1.29 is 4.74 Å². The quantitative estimate of drug-likeness (QED) is 0.524. The summed E-state index contributed by atoms with van der Waals surface area (Å²) in [6.45, 7) is 0. The third-order valence-electron chi connectivity index (χ3n) is 3.48. The molecule has 0 aliphatic rings. The minimum Gasteiger partial charge on any atom is -0.373 e. The number of hydrogen-bond donors (Lipinski definition) is 2. The number of pyridine rings is 1. The number of methoxy groups -OCH3 is 1. The van der Waals surface area contributed by atoms with Gasteiger partial charge in [0, 0.05) is 25.4 Å². The maximum atomic E-state index is 5.47. The molecule has 0 aromatic carbocycles. The lowest BCUT2D eigenvalue weighted by molar-refractivity contribution is 0.0950. The standard InChI is InChI=1S/C12H12N10O/c1-23-9(12-16-20-21-17-12)5-7-3-2-4-10-13-8(6-22(7)10)11-14-18-19-15-11/h2-4,6,9H,5H2,1H3,(H,14,15,18,19)(H,16,17,20,21). The fraction of sp³-hybridized carbons (Fsp3) is 0.250. The summed E-state index contributed by atoms with van der Waals surface area (Å²) in [7, 11) is 1.61. The summed E-state index contributed by atoms with van der Waals surface area (Å²) in [6.07, 6.45) is 2.11. The lowest BCUT2D eigenvalue weighted by Gasteiger charge is -2.12. The lowest BCUT2D eigenvalue weighted by atomic mass is 10.1. The van der Waals surface area contributed by atoms with E-state index in [0.717, 1.165) is 11.3 Å². The van der Waals surface area contributed by atoms with E-state index >= 15 is 0 Å². The molecule has 0 fully saturated rings. The van der Waals surface area contributed by atoms with Gasteiger partial charge in [0.2, 0.25) is 11.6 Å². The normalized spacial score (nSPS) is 12.7. The largest absolute Gasteiger partial charge is 0.373 e. The molecule has 11 nitrogen and oxygen atoms in total. The van der Waals surface area contributed by atoms with E-state index in [1.54, 1.807) is 7.11 Å². The average molecular weight is 312 g/mol. The second kappa shape index (κ2) is 5.53. The van der Waals surface area contributed by atoms with E-state index < -0.39 is 0 Å². The number of nitrogens with one attached hydrogen (secondary N) is 2. The first-order valence-electron chi connectivity index (χ1n) is 6.82. The van der Waals surface area contributed by atoms with Gasteiger partial charge in [0.25, 0.3) is 0 Å². The highest BCUT2D eigenvalue weighted by Gasteiger charge is 2.18. The van der Waals surface area contributed by atoms with Crippen LogP contribution in [0.4, 0.5) is 0 Å². The average Bonchev–Trinajstić information content (AvgIpc) is 3.33. The highest BCUT2D eigenvalue weighted by Crippen LogP contribution is 2.21. The highest BCUT2D eigenvalue weighted by molar-refractivity contribution is 5.55. The van der Waals surface area contributed by atoms with E-state index in [-0.39, 0.29) is 6.10 Å². The zero-order chi connectivity index (χ0) is 15.6. The summed E-state index contributed by atoms with van der Waals surface area (Å²) in [5.41, 5.74) is 2.41. The van der Waals surface area contributed by atoms with Crippen molar-refractivity contribution in [2.45, 2.75) is 12.5 Å². The zero-order valence-corrected chi connectivity index (χ0v) is 12.1. The van der Waals surface area contributed by atoms with Crippen molar-refractivity contribution >= 4 is 5.65 Å². The van der Waals surface area contributed by atoms with Gasteiger partial charge in [-0.25, -0.2) is 4.98 Å². The molecule has 1 unspecified atom stereocenters. The number of rotatable bonds is 5. The molecule has 4 heterocycles. The summed E-state index contributed by atoms with van der Waals surface area (Å²) in [5.74, 6) is 0.948. The summed E-state index contributed by atoms with van der Waals surface area (Å²) in [5, 5.41) is 27.8. The van der Waals surface area contributed by atoms with Gasteiger partial charge in [-0.2, -0.15) is 10.4 Å². The van der Waals surface area contributed by atoms with Gasteiger partial charge in [0.1, 0.15) is 17.4 Å². The number of imidazole rings is 1. The maximum Gasteiger partial charge on any atom is 0.224 e. The fourth-order valence-corrected chi connectivity index (χ4v) is 2.39. The molecule has 4 aromatic heterocycles. The Morgan fingerprint density at radius 1 is 1.17 bits per heavy atom. The van der Waals surface area contributed by atoms with Gasteiger partial charge in [-0.05, 0) is 17.3 Å². The number of H-pyrrole nitrogens is 2. The molecule has 0 saturated heterocycles. The zero-order valence-electron chi connectivity index (χ0n) is 12.1. The molecule has 11 heteroatoms. The van der Waals surface area contributed by atoms with Crippen LogP contribution in [-0.4, -0.2) is 57.7 Å². The molecule has 2 N–H and O–H groups in total. The van der Waals surface area contributed by atoms with E-state index in [2.05, 4.69) is 46.2 Å². The number of ether oxygens (including phenoxy) is 1. The second-order valence-electron chi connectivity index (χ2n) is 4.81. The number of aromatic amines is 2. The molecule has 0 amide bonds. The van der Waals surface area contributed by atoms with Crippen LogP contribution in [0.5, 0.6) is 0 Å². The van der Waals surface area contributed by atoms with Crippen molar-refractivity contribution in [2.24, 2.45) is 0 Å². The van der Waals surface area contributed by atoms with Gasteiger partial charge in [-0.15, -0.1) is 20.4 Å². The van der Waals surface area contributed by atoms with Gasteiger partial charge >= 0.3 is 0 Å². The Morgan fingerprint density at radius 2 is 2.04 bits per heavy atom. The summed E-state index contributed by atoms with van der Waals surface area (Å²) >= 11 is 0. The van der Waals surface area contributed by atoms with Crippen LogP contribution in [0.25, 0.3) is 17.2 Å². The van der Waals surface area contributed by atoms with Crippen molar-refractivity contribution in [1.29, 1.82) is 0 Å². The molecule has 0 saturated carbocycles. The number of tetrazole rings is 2. The molecule has 0 radical (unpaired) electrons. The molecule has 116 valence electrons. The van der Waals surface area contributed by atoms with Crippen molar-refractivity contribution in [3.8, 4) is 11.5 Å². The van der Waals surface area contributed by atoms with Crippen molar-refractivity contribution in [2.75, 3.05) is 7.11 Å². The monoisotopic (exact) mass is 312 g/mol. The molecule has 1 atom stereocenters. The van der Waals surface area contributed by atoms with Crippen LogP contribution < -0.4 is 0 Å². The van der Waals surface area contributed by atoms with Crippen LogP contribution in [-0.2, 0) is 11.2 Å². The van der Waals surface area contributed by atoms with Gasteiger partial charge in [-0.3, -0.25) is 0 Å². The molecule has 0 bridgehead atoms. The highest BCUT2D eigenvalue weighted by atomic mass is 16.5. The molecule has 0 spiro atoms. The third kappa shape index (κ3) is 2.42. The Morgan fingerprint density at radius 3 is 2.78 bits per heavy atom. The molecular weight excluding hydrogens is 300 g/mol. The van der Waals surface area contributed by atoms with Gasteiger partial charge in [0.15, 0.2) is 0 Å². The third-order valence-corrected chi connectivity index (χ3v) is 3.48. The summed E-state index contributed by atoms with van der Waals surface area (Å²) in [6, 6.07) is 5.82. The predicted octanol–water partition coefficient (Wildman–Crippen LogP) is -0.0423. The second-order valence-corrected chi connectivity index (χ2v) is 4.81. The molecule has 4 aromatic rings. The Balaban J connectivity index is 1.72. The summed E-state index contributed by atoms with van der Waals surface area (Å²) in [4.78, 5) is 4.50. The molecular formula is C12H12N10O. The van der Waals surface area contributed by atoms with Crippen LogP contribution >= 0.6 is 0 Å². The van der Waals surface area contributed by atoms with Crippen LogP contribution in [0.2, 0.25) is 0 Å². The van der Waals surface area contributed by atoms with Crippen molar-refractivity contribution in [1.82, 2.24) is 50.6 Å². The molecule has 23 heavy (non-hydrogen) atoms. The number of fused-ring (bicyclic) bond motifs is 1. The van der Waals surface area contributed by atoms with Crippen molar-refractivity contribution in [3.05, 3.63) is 35.9 Å². The maximum absolute atomic E-state index is 5.47. The Bertz CT molecular complexity index is 897. The van der Waals surface area contributed by atoms with Crippen LogP contribution in [0.3, 0.4) is 0 Å². The smallest absolute Gasteiger partial charge is 0.224 e. The van der Waals surface area contributed by atoms with Gasteiger partial charge < -0.3 is 9.14 Å².